The van der Waals surface area contributed by atoms with Gasteiger partial charge in [-0.15, -0.1) is 6.42 Å². The van der Waals surface area contributed by atoms with Crippen molar-refractivity contribution in [1.82, 2.24) is 0 Å². The zero-order chi connectivity index (χ0) is 6.41. The largest absolute Gasteiger partial charge is 0.355 e. The monoisotopic (exact) mass is 336 g/mol. The minimum Gasteiger partial charge on any atom is -0.355 e. The van der Waals surface area contributed by atoms with Gasteiger partial charge in [-0.05, 0) is 22.6 Å². The molecule has 0 aliphatic carbocycles. The zero-order valence-electron chi connectivity index (χ0n) is 4.23. The van der Waals surface area contributed by atoms with Crippen molar-refractivity contribution in [2.45, 2.75) is 4.11 Å². The average Bonchev–Trinajstić information content (AvgIpc) is 1.83. The molecule has 0 aromatic heterocycles. The van der Waals surface area contributed by atoms with E-state index in [0.29, 0.717) is 0 Å². The highest BCUT2D eigenvalue weighted by Crippen LogP contribution is 1.99. The molecule has 0 fully saturated rings. The predicted octanol–water partition coefficient (Wildman–Crippen LogP) is 1.83. The Labute approximate surface area is 76.8 Å². The van der Waals surface area contributed by atoms with Crippen LogP contribution in [0, 0.1) is 12.3 Å². The first-order valence-electron chi connectivity index (χ1n) is 2.09. The van der Waals surface area contributed by atoms with Crippen LogP contribution in [0.25, 0.3) is 0 Å². The SMILES string of the molecule is C#CC(I)OCCI. The van der Waals surface area contributed by atoms with Crippen molar-refractivity contribution in [3.05, 3.63) is 0 Å². The van der Waals surface area contributed by atoms with Gasteiger partial charge < -0.3 is 4.74 Å². The number of ether oxygens (including phenoxy) is 1. The number of rotatable bonds is 3. The Morgan fingerprint density at radius 1 is 1.75 bits per heavy atom. The first-order valence-corrected chi connectivity index (χ1v) is 4.86. The number of terminal acetylenes is 1. The highest BCUT2D eigenvalue weighted by Gasteiger charge is 1.93. The van der Waals surface area contributed by atoms with Gasteiger partial charge in [0.15, 0.2) is 4.11 Å². The first-order chi connectivity index (χ1) is 3.81. The topological polar surface area (TPSA) is 9.23 Å². The molecule has 0 saturated heterocycles. The summed E-state index contributed by atoms with van der Waals surface area (Å²) in [4.78, 5) is 0. The molecular weight excluding hydrogens is 330 g/mol. The van der Waals surface area contributed by atoms with E-state index in [1.165, 1.54) is 0 Å². The van der Waals surface area contributed by atoms with Crippen LogP contribution in [0.4, 0.5) is 0 Å². The van der Waals surface area contributed by atoms with Crippen LogP contribution >= 0.6 is 45.2 Å². The molecule has 1 nitrogen and oxygen atoms in total. The maximum atomic E-state index is 5.08. The van der Waals surface area contributed by atoms with Crippen molar-refractivity contribution in [2.75, 3.05) is 11.0 Å². The van der Waals surface area contributed by atoms with Crippen LogP contribution in [0.1, 0.15) is 0 Å². The molecule has 1 unspecified atom stereocenters. The van der Waals surface area contributed by atoms with Crippen molar-refractivity contribution in [3.8, 4) is 12.3 Å². The molecule has 0 aliphatic heterocycles. The van der Waals surface area contributed by atoms with Crippen LogP contribution in [-0.4, -0.2) is 15.1 Å². The molecule has 0 N–H and O–H groups in total. The van der Waals surface area contributed by atoms with Gasteiger partial charge in [-0.25, -0.2) is 0 Å². The summed E-state index contributed by atoms with van der Waals surface area (Å²) in [6, 6.07) is 0. The third-order valence-corrected chi connectivity index (χ3v) is 1.63. The molecule has 0 heterocycles. The number of alkyl halides is 2. The van der Waals surface area contributed by atoms with Gasteiger partial charge in [0, 0.05) is 4.43 Å². The van der Waals surface area contributed by atoms with Crippen molar-refractivity contribution >= 4 is 45.2 Å². The highest BCUT2D eigenvalue weighted by atomic mass is 127. The molecule has 0 radical (unpaired) electrons. The fraction of sp³-hybridized carbons (Fsp3) is 0.600. The summed E-state index contributed by atoms with van der Waals surface area (Å²) in [6.45, 7) is 0.748. The Hall–Kier alpha value is 0.980. The van der Waals surface area contributed by atoms with Crippen molar-refractivity contribution in [1.29, 1.82) is 0 Å². The lowest BCUT2D eigenvalue weighted by atomic mass is 10.7. The summed E-state index contributed by atoms with van der Waals surface area (Å²) in [7, 11) is 0. The molecular formula is C5H6I2O. The summed E-state index contributed by atoms with van der Waals surface area (Å²) in [5.74, 6) is 2.46. The maximum absolute atomic E-state index is 5.08. The lowest BCUT2D eigenvalue weighted by molar-refractivity contribution is 0.174. The number of halogens is 2. The van der Waals surface area contributed by atoms with Gasteiger partial charge in [-0.1, -0.05) is 28.5 Å². The molecule has 3 heteroatoms. The van der Waals surface area contributed by atoms with E-state index in [2.05, 4.69) is 51.1 Å². The zero-order valence-corrected chi connectivity index (χ0v) is 8.55. The fourth-order valence-corrected chi connectivity index (χ4v) is 0.705. The normalized spacial score (nSPS) is 12.6. The molecule has 0 aromatic carbocycles. The fourth-order valence-electron chi connectivity index (χ4n) is 0.196. The lowest BCUT2D eigenvalue weighted by Gasteiger charge is -2.00. The Morgan fingerprint density at radius 3 is 2.75 bits per heavy atom. The highest BCUT2D eigenvalue weighted by molar-refractivity contribution is 14.1. The second-order valence-electron chi connectivity index (χ2n) is 1.04. The Kier molecular flexibility index (Phi) is 6.85. The van der Waals surface area contributed by atoms with Gasteiger partial charge in [-0.3, -0.25) is 0 Å². The van der Waals surface area contributed by atoms with Crippen LogP contribution in [0.3, 0.4) is 0 Å². The summed E-state index contributed by atoms with van der Waals surface area (Å²) in [5.41, 5.74) is 0. The summed E-state index contributed by atoms with van der Waals surface area (Å²) >= 11 is 4.31. The van der Waals surface area contributed by atoms with Gasteiger partial charge >= 0.3 is 0 Å². The molecule has 0 rings (SSSR count). The van der Waals surface area contributed by atoms with Crippen LogP contribution in [0.5, 0.6) is 0 Å². The maximum Gasteiger partial charge on any atom is 0.169 e. The third kappa shape index (κ3) is 5.12. The van der Waals surface area contributed by atoms with Crippen molar-refractivity contribution in [3.63, 3.8) is 0 Å². The minimum atomic E-state index is -0.0534. The Balaban J connectivity index is 3.02. The summed E-state index contributed by atoms with van der Waals surface area (Å²) in [6.07, 6.45) is 5.03. The van der Waals surface area contributed by atoms with E-state index in [9.17, 15) is 0 Å². The van der Waals surface area contributed by atoms with Gasteiger partial charge in [0.25, 0.3) is 0 Å². The lowest BCUT2D eigenvalue weighted by Crippen LogP contribution is -2.02. The quantitative estimate of drug-likeness (QED) is 0.434. The van der Waals surface area contributed by atoms with E-state index < -0.39 is 0 Å². The van der Waals surface area contributed by atoms with E-state index >= 15 is 0 Å². The summed E-state index contributed by atoms with van der Waals surface area (Å²) < 4.78 is 6.03. The molecule has 0 saturated carbocycles. The average molecular weight is 336 g/mol. The van der Waals surface area contributed by atoms with E-state index in [-0.39, 0.29) is 4.11 Å². The smallest absolute Gasteiger partial charge is 0.169 e. The second kappa shape index (κ2) is 6.11. The third-order valence-electron chi connectivity index (χ3n) is 0.472. The van der Waals surface area contributed by atoms with Crippen molar-refractivity contribution < 1.29 is 4.74 Å². The Morgan fingerprint density at radius 2 is 2.38 bits per heavy atom. The van der Waals surface area contributed by atoms with E-state index in [1.54, 1.807) is 0 Å². The van der Waals surface area contributed by atoms with Gasteiger partial charge in [0.05, 0.1) is 6.61 Å². The minimum absolute atomic E-state index is 0.0534. The molecule has 0 bridgehead atoms. The van der Waals surface area contributed by atoms with Crippen LogP contribution in [0.15, 0.2) is 0 Å². The summed E-state index contributed by atoms with van der Waals surface area (Å²) in [5, 5.41) is 0. The number of hydrogen-bond acceptors (Lipinski definition) is 1. The molecule has 46 valence electrons. The van der Waals surface area contributed by atoms with Crippen molar-refractivity contribution in [2.24, 2.45) is 0 Å². The van der Waals surface area contributed by atoms with Gasteiger partial charge in [0.1, 0.15) is 0 Å². The van der Waals surface area contributed by atoms with Gasteiger partial charge in [0.2, 0.25) is 0 Å². The Bertz CT molecular complexity index is 86.9. The molecule has 8 heavy (non-hydrogen) atoms. The van der Waals surface area contributed by atoms with Crippen LogP contribution < -0.4 is 0 Å². The van der Waals surface area contributed by atoms with Crippen LogP contribution in [0.2, 0.25) is 0 Å². The molecule has 0 amide bonds. The second-order valence-corrected chi connectivity index (χ2v) is 3.25. The first kappa shape index (κ1) is 8.98. The van der Waals surface area contributed by atoms with E-state index in [4.69, 9.17) is 11.2 Å². The number of hydrogen-bond donors (Lipinski definition) is 0. The molecule has 0 spiro atoms. The van der Waals surface area contributed by atoms with Gasteiger partial charge in [-0.2, -0.15) is 0 Å². The van der Waals surface area contributed by atoms with E-state index in [0.717, 1.165) is 11.0 Å². The standard InChI is InChI=1S/C5H6I2O/c1-2-5(7)8-4-3-6/h1,5H,3-4H2. The molecule has 0 aromatic rings. The van der Waals surface area contributed by atoms with Crippen LogP contribution in [-0.2, 0) is 4.74 Å². The predicted molar refractivity (Wildman–Crippen MR) is 51.5 cm³/mol. The molecule has 1 atom stereocenters. The molecule has 0 aliphatic rings. The van der Waals surface area contributed by atoms with E-state index in [1.807, 2.05) is 0 Å².